The Hall–Kier alpha value is -0.0000000000000000763. The summed E-state index contributed by atoms with van der Waals surface area (Å²) in [5.74, 6) is 0. The summed E-state index contributed by atoms with van der Waals surface area (Å²) in [5.41, 5.74) is 1.54. The van der Waals surface area contributed by atoms with Crippen LogP contribution in [0.2, 0.25) is 0 Å². The minimum Gasteiger partial charge on any atom is -0.309 e. The number of benzene rings is 1. The molecule has 0 aliphatic heterocycles. The Morgan fingerprint density at radius 1 is 0.720 bits per heavy atom. The summed E-state index contributed by atoms with van der Waals surface area (Å²) in [5, 5.41) is 0. The van der Waals surface area contributed by atoms with Gasteiger partial charge >= 0.3 is 15.2 Å². The molecule has 0 amide bonds. The highest BCUT2D eigenvalue weighted by Crippen LogP contribution is 2.53. The predicted octanol–water partition coefficient (Wildman–Crippen LogP) is 5.98. The molecule has 0 saturated heterocycles. The summed E-state index contributed by atoms with van der Waals surface area (Å²) in [7, 11) is -6.42. The Morgan fingerprint density at radius 2 is 1.04 bits per heavy atom. The molecular formula is C16H27BrO6P2. The summed E-state index contributed by atoms with van der Waals surface area (Å²) in [6.45, 7) is 8.34. The van der Waals surface area contributed by atoms with Crippen molar-refractivity contribution in [2.45, 2.75) is 40.0 Å². The standard InChI is InChI=1S/C16H27BrO6P2/c1-5-20-24(18,21-6-2)12-14-9-15(11-16(17)10-14)13-25(19,22-7-3)23-8-4/h9-11H,5-8,12-13H2,1-4H3. The van der Waals surface area contributed by atoms with Crippen molar-refractivity contribution in [2.24, 2.45) is 0 Å². The van der Waals surface area contributed by atoms with Crippen molar-refractivity contribution in [1.82, 2.24) is 0 Å². The van der Waals surface area contributed by atoms with Crippen LogP contribution in [0.25, 0.3) is 0 Å². The maximum absolute atomic E-state index is 12.7. The van der Waals surface area contributed by atoms with Gasteiger partial charge < -0.3 is 18.1 Å². The van der Waals surface area contributed by atoms with Gasteiger partial charge in [0, 0.05) is 4.47 Å². The largest absolute Gasteiger partial charge is 0.335 e. The maximum atomic E-state index is 12.7. The molecule has 1 aromatic rings. The zero-order chi connectivity index (χ0) is 18.9. The van der Waals surface area contributed by atoms with Gasteiger partial charge in [-0.25, -0.2) is 0 Å². The minimum absolute atomic E-state index is 0.148. The van der Waals surface area contributed by atoms with Crippen LogP contribution in [0.1, 0.15) is 38.8 Å². The molecule has 0 aliphatic rings. The van der Waals surface area contributed by atoms with Crippen LogP contribution in [0.15, 0.2) is 22.7 Å². The van der Waals surface area contributed by atoms with E-state index in [0.717, 1.165) is 15.6 Å². The van der Waals surface area contributed by atoms with E-state index in [1.165, 1.54) is 0 Å². The van der Waals surface area contributed by atoms with Gasteiger partial charge in [0.25, 0.3) is 0 Å². The molecule has 0 bridgehead atoms. The Morgan fingerprint density at radius 3 is 1.32 bits per heavy atom. The normalized spacial score (nSPS) is 12.5. The third-order valence-corrected chi connectivity index (χ3v) is 7.64. The molecule has 0 aliphatic carbocycles. The first kappa shape index (κ1) is 23.0. The van der Waals surface area contributed by atoms with Gasteiger partial charge in [-0.3, -0.25) is 9.13 Å². The molecule has 1 rings (SSSR count). The summed E-state index contributed by atoms with van der Waals surface area (Å²) in [6, 6.07) is 5.53. The fourth-order valence-electron chi connectivity index (χ4n) is 2.39. The molecule has 0 aromatic heterocycles. The van der Waals surface area contributed by atoms with Gasteiger partial charge in [0.1, 0.15) is 0 Å². The Labute approximate surface area is 158 Å². The van der Waals surface area contributed by atoms with Crippen LogP contribution in [0.5, 0.6) is 0 Å². The van der Waals surface area contributed by atoms with Crippen molar-refractivity contribution in [2.75, 3.05) is 26.4 Å². The van der Waals surface area contributed by atoms with Crippen molar-refractivity contribution in [3.8, 4) is 0 Å². The molecule has 0 radical (unpaired) electrons. The zero-order valence-corrected chi connectivity index (χ0v) is 18.6. The average molecular weight is 457 g/mol. The molecule has 0 atom stereocenters. The zero-order valence-electron chi connectivity index (χ0n) is 15.2. The van der Waals surface area contributed by atoms with Gasteiger partial charge in [-0.15, -0.1) is 0 Å². The van der Waals surface area contributed by atoms with Crippen molar-refractivity contribution in [3.63, 3.8) is 0 Å². The highest BCUT2D eigenvalue weighted by atomic mass is 79.9. The van der Waals surface area contributed by atoms with Crippen LogP contribution >= 0.6 is 31.1 Å². The first-order valence-electron chi connectivity index (χ1n) is 8.34. The van der Waals surface area contributed by atoms with Crippen LogP contribution in [0, 0.1) is 0 Å². The van der Waals surface area contributed by atoms with Gasteiger partial charge in [-0.05, 0) is 51.0 Å². The van der Waals surface area contributed by atoms with Gasteiger partial charge in [-0.2, -0.15) is 0 Å². The second kappa shape index (κ2) is 11.0. The van der Waals surface area contributed by atoms with Crippen molar-refractivity contribution >= 4 is 31.1 Å². The highest BCUT2D eigenvalue weighted by molar-refractivity contribution is 9.10. The van der Waals surface area contributed by atoms with Crippen molar-refractivity contribution in [1.29, 1.82) is 0 Å². The third-order valence-electron chi connectivity index (χ3n) is 3.07. The average Bonchev–Trinajstić information content (AvgIpc) is 2.46. The van der Waals surface area contributed by atoms with Crippen molar-refractivity contribution < 1.29 is 27.2 Å². The van der Waals surface area contributed by atoms with Crippen LogP contribution in [-0.2, 0) is 39.5 Å². The molecular weight excluding hydrogens is 430 g/mol. The van der Waals surface area contributed by atoms with E-state index in [4.69, 9.17) is 18.1 Å². The van der Waals surface area contributed by atoms with E-state index < -0.39 is 15.2 Å². The Bertz CT molecular complexity index is 567. The number of hydrogen-bond acceptors (Lipinski definition) is 6. The minimum atomic E-state index is -3.21. The summed E-state index contributed by atoms with van der Waals surface area (Å²) >= 11 is 3.44. The fraction of sp³-hybridized carbons (Fsp3) is 0.625. The fourth-order valence-corrected chi connectivity index (χ4v) is 6.33. The molecule has 144 valence electrons. The number of halogens is 1. The Balaban J connectivity index is 3.06. The van der Waals surface area contributed by atoms with Crippen LogP contribution < -0.4 is 0 Å². The Kier molecular flexibility index (Phi) is 10.1. The lowest BCUT2D eigenvalue weighted by Crippen LogP contribution is -2.02. The second-order valence-corrected chi connectivity index (χ2v) is 10.2. The lowest BCUT2D eigenvalue weighted by Gasteiger charge is -2.19. The van der Waals surface area contributed by atoms with E-state index >= 15 is 0 Å². The maximum Gasteiger partial charge on any atom is 0.335 e. The second-order valence-electron chi connectivity index (χ2n) is 5.18. The molecule has 0 heterocycles. The first-order valence-corrected chi connectivity index (χ1v) is 12.6. The SMILES string of the molecule is CCOP(=O)(Cc1cc(Br)cc(CP(=O)(OCC)OCC)c1)OCC. The lowest BCUT2D eigenvalue weighted by atomic mass is 10.2. The number of rotatable bonds is 12. The monoisotopic (exact) mass is 456 g/mol. The summed E-state index contributed by atoms with van der Waals surface area (Å²) in [4.78, 5) is 0. The van der Waals surface area contributed by atoms with E-state index in [-0.39, 0.29) is 12.3 Å². The van der Waals surface area contributed by atoms with E-state index in [1.807, 2.05) is 18.2 Å². The van der Waals surface area contributed by atoms with Crippen LogP contribution in [0.3, 0.4) is 0 Å². The molecule has 9 heteroatoms. The molecule has 0 unspecified atom stereocenters. The molecule has 25 heavy (non-hydrogen) atoms. The summed E-state index contributed by atoms with van der Waals surface area (Å²) in [6.07, 6.45) is 0.295. The van der Waals surface area contributed by atoms with Gasteiger partial charge in [0.15, 0.2) is 0 Å². The molecule has 0 spiro atoms. The first-order chi connectivity index (χ1) is 11.8. The van der Waals surface area contributed by atoms with Crippen LogP contribution in [-0.4, -0.2) is 26.4 Å². The van der Waals surface area contributed by atoms with Gasteiger partial charge in [-0.1, -0.05) is 22.0 Å². The summed E-state index contributed by atoms with van der Waals surface area (Å²) < 4.78 is 47.6. The molecule has 6 nitrogen and oxygen atoms in total. The predicted molar refractivity (Wildman–Crippen MR) is 103 cm³/mol. The molecule has 1 aromatic carbocycles. The van der Waals surface area contributed by atoms with Crippen molar-refractivity contribution in [3.05, 3.63) is 33.8 Å². The topological polar surface area (TPSA) is 71.1 Å². The van der Waals surface area contributed by atoms with Gasteiger partial charge in [0.2, 0.25) is 0 Å². The quantitative estimate of drug-likeness (QED) is 0.360. The smallest absolute Gasteiger partial charge is 0.309 e. The lowest BCUT2D eigenvalue weighted by molar-refractivity contribution is 0.218. The van der Waals surface area contributed by atoms with E-state index in [0.29, 0.717) is 26.4 Å². The highest BCUT2D eigenvalue weighted by Gasteiger charge is 2.27. The van der Waals surface area contributed by atoms with E-state index in [2.05, 4.69) is 15.9 Å². The number of hydrogen-bond donors (Lipinski definition) is 0. The van der Waals surface area contributed by atoms with E-state index in [9.17, 15) is 9.13 Å². The third kappa shape index (κ3) is 8.04. The molecule has 0 saturated carbocycles. The van der Waals surface area contributed by atoms with E-state index in [1.54, 1.807) is 27.7 Å². The van der Waals surface area contributed by atoms with Gasteiger partial charge in [0.05, 0.1) is 38.8 Å². The molecule has 0 N–H and O–H groups in total. The molecule has 0 fully saturated rings. The van der Waals surface area contributed by atoms with Crippen LogP contribution in [0.4, 0.5) is 0 Å².